The van der Waals surface area contributed by atoms with Gasteiger partial charge in [-0.1, -0.05) is 13.8 Å². The summed E-state index contributed by atoms with van der Waals surface area (Å²) in [6.07, 6.45) is 6.83. The van der Waals surface area contributed by atoms with Crippen molar-refractivity contribution in [3.8, 4) is 0 Å². The molecular formula is C12H24N2. The summed E-state index contributed by atoms with van der Waals surface area (Å²) in [6, 6.07) is 1.34. The summed E-state index contributed by atoms with van der Waals surface area (Å²) in [6.45, 7) is 5.58. The molecule has 14 heavy (non-hydrogen) atoms. The van der Waals surface area contributed by atoms with E-state index in [-0.39, 0.29) is 0 Å². The van der Waals surface area contributed by atoms with Gasteiger partial charge in [0.25, 0.3) is 0 Å². The van der Waals surface area contributed by atoms with Crippen molar-refractivity contribution in [1.29, 1.82) is 0 Å². The lowest BCUT2D eigenvalue weighted by atomic mass is 9.91. The Morgan fingerprint density at radius 3 is 2.50 bits per heavy atom. The third-order valence-corrected chi connectivity index (χ3v) is 3.86. The lowest BCUT2D eigenvalue weighted by molar-refractivity contribution is 0.343. The van der Waals surface area contributed by atoms with Crippen LogP contribution < -0.4 is 11.1 Å². The lowest BCUT2D eigenvalue weighted by Crippen LogP contribution is -2.43. The maximum atomic E-state index is 5.80. The molecule has 2 nitrogen and oxygen atoms in total. The maximum absolute atomic E-state index is 5.80. The Bertz CT molecular complexity index is 196. The van der Waals surface area contributed by atoms with Crippen molar-refractivity contribution in [2.75, 3.05) is 6.54 Å². The first-order valence-electron chi connectivity index (χ1n) is 6.07. The zero-order valence-electron chi connectivity index (χ0n) is 9.55. The van der Waals surface area contributed by atoms with E-state index in [0.717, 1.165) is 18.5 Å². The van der Waals surface area contributed by atoms with Crippen LogP contribution in [0.1, 0.15) is 46.0 Å². The van der Waals surface area contributed by atoms with Gasteiger partial charge in [-0.05, 0) is 43.4 Å². The third kappa shape index (κ3) is 2.48. The van der Waals surface area contributed by atoms with E-state index in [9.17, 15) is 0 Å². The Labute approximate surface area is 87.6 Å². The van der Waals surface area contributed by atoms with Crippen LogP contribution in [0, 0.1) is 11.3 Å². The molecule has 2 aliphatic rings. The SMILES string of the molecule is CC1(C)CCC(NC(CN)C2CC2)C1. The molecule has 0 aromatic rings. The summed E-state index contributed by atoms with van der Waals surface area (Å²) in [5.41, 5.74) is 6.35. The molecule has 2 atom stereocenters. The Morgan fingerprint density at radius 2 is 2.07 bits per heavy atom. The van der Waals surface area contributed by atoms with Crippen LogP contribution in [0.4, 0.5) is 0 Å². The standard InChI is InChI=1S/C12H24N2/c1-12(2)6-5-10(7-12)14-11(8-13)9-3-4-9/h9-11,14H,3-8,13H2,1-2H3. The first-order valence-corrected chi connectivity index (χ1v) is 6.07. The molecule has 2 heteroatoms. The monoisotopic (exact) mass is 196 g/mol. The van der Waals surface area contributed by atoms with E-state index in [1.165, 1.54) is 32.1 Å². The Kier molecular flexibility index (Phi) is 2.85. The quantitative estimate of drug-likeness (QED) is 0.720. The van der Waals surface area contributed by atoms with Gasteiger partial charge >= 0.3 is 0 Å². The Balaban J connectivity index is 1.79. The average Bonchev–Trinajstić information content (AvgIpc) is 2.88. The molecule has 2 saturated carbocycles. The largest absolute Gasteiger partial charge is 0.329 e. The summed E-state index contributed by atoms with van der Waals surface area (Å²) >= 11 is 0. The summed E-state index contributed by atoms with van der Waals surface area (Å²) in [7, 11) is 0. The van der Waals surface area contributed by atoms with Crippen molar-refractivity contribution in [3.05, 3.63) is 0 Å². The van der Waals surface area contributed by atoms with Crippen molar-refractivity contribution in [1.82, 2.24) is 5.32 Å². The lowest BCUT2D eigenvalue weighted by Gasteiger charge is -2.23. The highest BCUT2D eigenvalue weighted by Crippen LogP contribution is 2.38. The molecule has 0 spiro atoms. The molecule has 2 unspecified atom stereocenters. The molecule has 2 fully saturated rings. The van der Waals surface area contributed by atoms with Crippen LogP contribution in [0.3, 0.4) is 0 Å². The average molecular weight is 196 g/mol. The van der Waals surface area contributed by atoms with Gasteiger partial charge in [0, 0.05) is 18.6 Å². The molecule has 0 aliphatic heterocycles. The van der Waals surface area contributed by atoms with Crippen LogP contribution in [-0.2, 0) is 0 Å². The summed E-state index contributed by atoms with van der Waals surface area (Å²) in [5, 5.41) is 3.76. The number of hydrogen-bond acceptors (Lipinski definition) is 2. The van der Waals surface area contributed by atoms with Gasteiger partial charge in [0.05, 0.1) is 0 Å². The highest BCUT2D eigenvalue weighted by Gasteiger charge is 2.35. The molecule has 3 N–H and O–H groups in total. The van der Waals surface area contributed by atoms with Crippen molar-refractivity contribution in [2.45, 2.75) is 58.0 Å². The van der Waals surface area contributed by atoms with Gasteiger partial charge in [-0.15, -0.1) is 0 Å². The second-order valence-electron chi connectivity index (χ2n) is 5.95. The predicted octanol–water partition coefficient (Wildman–Crippen LogP) is 1.89. The van der Waals surface area contributed by atoms with E-state index in [0.29, 0.717) is 11.5 Å². The van der Waals surface area contributed by atoms with E-state index < -0.39 is 0 Å². The van der Waals surface area contributed by atoms with Crippen molar-refractivity contribution < 1.29 is 0 Å². The Morgan fingerprint density at radius 1 is 1.36 bits per heavy atom. The van der Waals surface area contributed by atoms with Gasteiger partial charge in [0.2, 0.25) is 0 Å². The van der Waals surface area contributed by atoms with Crippen molar-refractivity contribution in [3.63, 3.8) is 0 Å². The molecule has 2 aliphatic carbocycles. The topological polar surface area (TPSA) is 38.0 Å². The van der Waals surface area contributed by atoms with Gasteiger partial charge in [-0.3, -0.25) is 0 Å². The fraction of sp³-hybridized carbons (Fsp3) is 1.00. The minimum atomic E-state index is 0.556. The number of rotatable bonds is 4. The molecule has 0 heterocycles. The van der Waals surface area contributed by atoms with E-state index in [4.69, 9.17) is 5.73 Å². The third-order valence-electron chi connectivity index (χ3n) is 3.86. The normalized spacial score (nSPS) is 33.2. The van der Waals surface area contributed by atoms with Gasteiger partial charge < -0.3 is 11.1 Å². The summed E-state index contributed by atoms with van der Waals surface area (Å²) in [4.78, 5) is 0. The molecule has 0 amide bonds. The van der Waals surface area contributed by atoms with Crippen LogP contribution in [-0.4, -0.2) is 18.6 Å². The predicted molar refractivity (Wildman–Crippen MR) is 60.1 cm³/mol. The fourth-order valence-corrected chi connectivity index (χ4v) is 2.78. The van der Waals surface area contributed by atoms with Gasteiger partial charge in [0.1, 0.15) is 0 Å². The number of nitrogens with two attached hydrogens (primary N) is 1. The molecule has 0 aromatic carbocycles. The second kappa shape index (κ2) is 3.82. The van der Waals surface area contributed by atoms with Gasteiger partial charge in [-0.2, -0.15) is 0 Å². The van der Waals surface area contributed by atoms with E-state index in [1.807, 2.05) is 0 Å². The Hall–Kier alpha value is -0.0800. The summed E-state index contributed by atoms with van der Waals surface area (Å²) < 4.78 is 0. The van der Waals surface area contributed by atoms with Crippen LogP contribution in [0.5, 0.6) is 0 Å². The maximum Gasteiger partial charge on any atom is 0.0221 e. The second-order valence-corrected chi connectivity index (χ2v) is 5.95. The molecule has 2 rings (SSSR count). The van der Waals surface area contributed by atoms with Gasteiger partial charge in [0.15, 0.2) is 0 Å². The molecule has 82 valence electrons. The minimum Gasteiger partial charge on any atom is -0.329 e. The fourth-order valence-electron chi connectivity index (χ4n) is 2.78. The molecule has 0 aromatic heterocycles. The highest BCUT2D eigenvalue weighted by molar-refractivity contribution is 4.93. The number of hydrogen-bond donors (Lipinski definition) is 2. The van der Waals surface area contributed by atoms with E-state index in [1.54, 1.807) is 0 Å². The molecule has 0 radical (unpaired) electrons. The van der Waals surface area contributed by atoms with Crippen molar-refractivity contribution >= 4 is 0 Å². The molecular weight excluding hydrogens is 172 g/mol. The highest BCUT2D eigenvalue weighted by atomic mass is 15.0. The first kappa shape index (κ1) is 10.4. The number of nitrogens with one attached hydrogen (secondary N) is 1. The van der Waals surface area contributed by atoms with Gasteiger partial charge in [-0.25, -0.2) is 0 Å². The summed E-state index contributed by atoms with van der Waals surface area (Å²) in [5.74, 6) is 0.892. The molecule has 0 bridgehead atoms. The van der Waals surface area contributed by atoms with E-state index in [2.05, 4.69) is 19.2 Å². The van der Waals surface area contributed by atoms with E-state index >= 15 is 0 Å². The van der Waals surface area contributed by atoms with Crippen LogP contribution in [0.2, 0.25) is 0 Å². The zero-order chi connectivity index (χ0) is 10.2. The van der Waals surface area contributed by atoms with Crippen LogP contribution in [0.15, 0.2) is 0 Å². The van der Waals surface area contributed by atoms with Crippen LogP contribution >= 0.6 is 0 Å². The molecule has 0 saturated heterocycles. The minimum absolute atomic E-state index is 0.556. The van der Waals surface area contributed by atoms with Crippen molar-refractivity contribution in [2.24, 2.45) is 17.1 Å². The smallest absolute Gasteiger partial charge is 0.0221 e. The first-order chi connectivity index (χ1) is 6.61. The van der Waals surface area contributed by atoms with Crippen LogP contribution in [0.25, 0.3) is 0 Å². The zero-order valence-corrected chi connectivity index (χ0v) is 9.55.